The second-order valence-corrected chi connectivity index (χ2v) is 7.96. The quantitative estimate of drug-likeness (QED) is 0.664. The van der Waals surface area contributed by atoms with Crippen LogP contribution >= 0.6 is 0 Å². The van der Waals surface area contributed by atoms with Crippen LogP contribution in [0.5, 0.6) is 0 Å². The lowest BCUT2D eigenvalue weighted by Gasteiger charge is -2.27. The van der Waals surface area contributed by atoms with E-state index in [1.807, 2.05) is 35.4 Å². The Hall–Kier alpha value is -3.35. The number of hydrogen-bond acceptors (Lipinski definition) is 3. The lowest BCUT2D eigenvalue weighted by atomic mass is 10.0. The lowest BCUT2D eigenvalue weighted by Crippen LogP contribution is -2.50. The maximum atomic E-state index is 13.4. The number of H-pyrrole nitrogens is 1. The standard InChI is InChI=1S/C24H27FN4O2/c1-17(30)27-23(15-18-16-26-22-6-3-2-5-21(18)22)24(31)29-12-4-11-28(13-14-29)20-9-7-19(25)8-10-20/h2-3,5-10,16,23,26H,4,11-15H2,1H3,(H,27,30). The van der Waals surface area contributed by atoms with Crippen LogP contribution in [0.15, 0.2) is 54.7 Å². The van der Waals surface area contributed by atoms with Gasteiger partial charge in [-0.3, -0.25) is 9.59 Å². The molecule has 0 spiro atoms. The van der Waals surface area contributed by atoms with E-state index < -0.39 is 6.04 Å². The van der Waals surface area contributed by atoms with Crippen molar-refractivity contribution in [2.45, 2.75) is 25.8 Å². The highest BCUT2D eigenvalue weighted by Crippen LogP contribution is 2.21. The summed E-state index contributed by atoms with van der Waals surface area (Å²) in [7, 11) is 0. The molecule has 1 aliphatic heterocycles. The van der Waals surface area contributed by atoms with Gasteiger partial charge in [0.1, 0.15) is 11.9 Å². The Kier molecular flexibility index (Phi) is 6.21. The Morgan fingerprint density at radius 1 is 1.06 bits per heavy atom. The topological polar surface area (TPSA) is 68.4 Å². The van der Waals surface area contributed by atoms with Gasteiger partial charge in [0, 0.05) is 62.3 Å². The molecule has 7 heteroatoms. The highest BCUT2D eigenvalue weighted by Gasteiger charge is 2.28. The van der Waals surface area contributed by atoms with Crippen molar-refractivity contribution in [1.82, 2.24) is 15.2 Å². The molecule has 0 radical (unpaired) electrons. The first-order valence-electron chi connectivity index (χ1n) is 10.6. The summed E-state index contributed by atoms with van der Waals surface area (Å²) in [6, 6.07) is 13.8. The number of nitrogens with one attached hydrogen (secondary N) is 2. The first kappa shape index (κ1) is 20.9. The molecular weight excluding hydrogens is 395 g/mol. The van der Waals surface area contributed by atoms with Gasteiger partial charge < -0.3 is 20.1 Å². The minimum absolute atomic E-state index is 0.0681. The Morgan fingerprint density at radius 3 is 2.61 bits per heavy atom. The number of aromatic amines is 1. The van der Waals surface area contributed by atoms with Crippen molar-refractivity contribution < 1.29 is 14.0 Å². The summed E-state index contributed by atoms with van der Waals surface area (Å²) in [5, 5.41) is 3.91. The van der Waals surface area contributed by atoms with Gasteiger partial charge in [-0.25, -0.2) is 4.39 Å². The lowest BCUT2D eigenvalue weighted by molar-refractivity contribution is -0.135. The van der Waals surface area contributed by atoms with Gasteiger partial charge in [-0.1, -0.05) is 18.2 Å². The van der Waals surface area contributed by atoms with Crippen molar-refractivity contribution in [1.29, 1.82) is 0 Å². The fourth-order valence-corrected chi connectivity index (χ4v) is 4.23. The number of halogens is 1. The zero-order valence-corrected chi connectivity index (χ0v) is 17.6. The zero-order chi connectivity index (χ0) is 21.8. The van der Waals surface area contributed by atoms with E-state index in [0.717, 1.165) is 35.1 Å². The van der Waals surface area contributed by atoms with E-state index in [0.29, 0.717) is 26.1 Å². The molecule has 6 nitrogen and oxygen atoms in total. The summed E-state index contributed by atoms with van der Waals surface area (Å²) >= 11 is 0. The number of fused-ring (bicyclic) bond motifs is 1. The first-order valence-corrected chi connectivity index (χ1v) is 10.6. The number of carbonyl (C=O) groups is 2. The van der Waals surface area contributed by atoms with Crippen LogP contribution in [0.4, 0.5) is 10.1 Å². The summed E-state index contributed by atoms with van der Waals surface area (Å²) in [5.74, 6) is -0.548. The van der Waals surface area contributed by atoms with E-state index in [1.54, 1.807) is 12.1 Å². The molecule has 3 aromatic rings. The van der Waals surface area contributed by atoms with Gasteiger partial charge in [0.05, 0.1) is 0 Å². The van der Waals surface area contributed by atoms with E-state index in [4.69, 9.17) is 0 Å². The molecule has 4 rings (SSSR count). The number of rotatable bonds is 5. The summed E-state index contributed by atoms with van der Waals surface area (Å²) in [5.41, 5.74) is 2.97. The summed E-state index contributed by atoms with van der Waals surface area (Å²) < 4.78 is 13.2. The SMILES string of the molecule is CC(=O)NC(Cc1c[nH]c2ccccc12)C(=O)N1CCCN(c2ccc(F)cc2)CC1. The molecule has 0 saturated carbocycles. The van der Waals surface area contributed by atoms with Gasteiger partial charge in [0.25, 0.3) is 0 Å². The molecular formula is C24H27FN4O2. The molecule has 2 aromatic carbocycles. The predicted molar refractivity (Wildman–Crippen MR) is 119 cm³/mol. The fourth-order valence-electron chi connectivity index (χ4n) is 4.23. The van der Waals surface area contributed by atoms with Crippen LogP contribution in [-0.2, 0) is 16.0 Å². The molecule has 0 aliphatic carbocycles. The molecule has 1 aliphatic rings. The number of carbonyl (C=O) groups excluding carboxylic acids is 2. The highest BCUT2D eigenvalue weighted by molar-refractivity contribution is 5.89. The zero-order valence-electron chi connectivity index (χ0n) is 17.6. The average molecular weight is 423 g/mol. The molecule has 1 aromatic heterocycles. The second kappa shape index (κ2) is 9.20. The smallest absolute Gasteiger partial charge is 0.245 e. The minimum atomic E-state index is -0.617. The third-order valence-electron chi connectivity index (χ3n) is 5.77. The number of aromatic nitrogens is 1. The summed E-state index contributed by atoms with van der Waals surface area (Å²) in [4.78, 5) is 32.4. The van der Waals surface area contributed by atoms with Gasteiger partial charge in [-0.05, 0) is 42.3 Å². The number of amides is 2. The predicted octanol–water partition coefficient (Wildman–Crippen LogP) is 3.09. The largest absolute Gasteiger partial charge is 0.370 e. The fraction of sp³-hybridized carbons (Fsp3) is 0.333. The molecule has 31 heavy (non-hydrogen) atoms. The molecule has 1 fully saturated rings. The van der Waals surface area contributed by atoms with Crippen LogP contribution in [0.3, 0.4) is 0 Å². The van der Waals surface area contributed by atoms with Gasteiger partial charge in [-0.2, -0.15) is 0 Å². The summed E-state index contributed by atoms with van der Waals surface area (Å²) in [6.07, 6.45) is 3.15. The van der Waals surface area contributed by atoms with E-state index >= 15 is 0 Å². The third kappa shape index (κ3) is 4.87. The normalized spacial score (nSPS) is 15.5. The van der Waals surface area contributed by atoms with Crippen molar-refractivity contribution in [3.8, 4) is 0 Å². The highest BCUT2D eigenvalue weighted by atomic mass is 19.1. The van der Waals surface area contributed by atoms with Crippen molar-refractivity contribution in [2.24, 2.45) is 0 Å². The number of anilines is 1. The van der Waals surface area contributed by atoms with Crippen LogP contribution < -0.4 is 10.2 Å². The molecule has 2 heterocycles. The molecule has 1 atom stereocenters. The minimum Gasteiger partial charge on any atom is -0.370 e. The number of nitrogens with zero attached hydrogens (tertiary/aromatic N) is 2. The maximum Gasteiger partial charge on any atom is 0.245 e. The molecule has 162 valence electrons. The molecule has 1 unspecified atom stereocenters. The van der Waals surface area contributed by atoms with Gasteiger partial charge in [-0.15, -0.1) is 0 Å². The van der Waals surface area contributed by atoms with E-state index in [1.165, 1.54) is 19.1 Å². The van der Waals surface area contributed by atoms with Gasteiger partial charge >= 0.3 is 0 Å². The van der Waals surface area contributed by atoms with E-state index in [2.05, 4.69) is 15.2 Å². The number of hydrogen-bond donors (Lipinski definition) is 2. The van der Waals surface area contributed by atoms with Crippen molar-refractivity contribution in [2.75, 3.05) is 31.1 Å². The third-order valence-corrected chi connectivity index (χ3v) is 5.77. The van der Waals surface area contributed by atoms with E-state index in [-0.39, 0.29) is 17.6 Å². The Morgan fingerprint density at radius 2 is 1.84 bits per heavy atom. The first-order chi connectivity index (χ1) is 15.0. The Bertz CT molecular complexity index is 1060. The monoisotopic (exact) mass is 422 g/mol. The molecule has 1 saturated heterocycles. The van der Waals surface area contributed by atoms with Crippen LogP contribution in [0, 0.1) is 5.82 Å². The van der Waals surface area contributed by atoms with E-state index in [9.17, 15) is 14.0 Å². The van der Waals surface area contributed by atoms with Crippen LogP contribution in [-0.4, -0.2) is 53.9 Å². The molecule has 0 bridgehead atoms. The molecule has 2 N–H and O–H groups in total. The van der Waals surface area contributed by atoms with Crippen molar-refractivity contribution >= 4 is 28.4 Å². The van der Waals surface area contributed by atoms with Gasteiger partial charge in [0.15, 0.2) is 0 Å². The van der Waals surface area contributed by atoms with Crippen LogP contribution in [0.1, 0.15) is 18.9 Å². The molecule has 2 amide bonds. The van der Waals surface area contributed by atoms with Crippen LogP contribution in [0.25, 0.3) is 10.9 Å². The Labute approximate surface area is 181 Å². The second-order valence-electron chi connectivity index (χ2n) is 7.96. The average Bonchev–Trinajstić information content (AvgIpc) is 3.00. The van der Waals surface area contributed by atoms with Gasteiger partial charge in [0.2, 0.25) is 11.8 Å². The van der Waals surface area contributed by atoms with Crippen molar-refractivity contribution in [3.05, 3.63) is 66.1 Å². The van der Waals surface area contributed by atoms with Crippen LogP contribution in [0.2, 0.25) is 0 Å². The summed E-state index contributed by atoms with van der Waals surface area (Å²) in [6.45, 7) is 4.08. The maximum absolute atomic E-state index is 13.4. The van der Waals surface area contributed by atoms with Crippen molar-refractivity contribution in [3.63, 3.8) is 0 Å². The number of benzene rings is 2. The number of para-hydroxylation sites is 1. The Balaban J connectivity index is 1.47.